The van der Waals surface area contributed by atoms with E-state index < -0.39 is 6.10 Å². The molecule has 0 saturated carbocycles. The Morgan fingerprint density at radius 1 is 1.00 bits per heavy atom. The number of rotatable bonds is 2. The van der Waals surface area contributed by atoms with E-state index in [1.165, 1.54) is 0 Å². The summed E-state index contributed by atoms with van der Waals surface area (Å²) in [7, 11) is 0. The Labute approximate surface area is 112 Å². The van der Waals surface area contributed by atoms with E-state index in [1.807, 2.05) is 45.9 Å². The fourth-order valence-corrected chi connectivity index (χ4v) is 2.42. The van der Waals surface area contributed by atoms with Gasteiger partial charge in [-0.05, 0) is 51.0 Å². The molecule has 1 atom stereocenters. The van der Waals surface area contributed by atoms with Crippen LogP contribution in [0, 0.1) is 27.7 Å². The number of aliphatic hydroxyl groups excluding tert-OH is 1. The molecule has 0 amide bonds. The second-order valence-electron chi connectivity index (χ2n) is 4.73. The summed E-state index contributed by atoms with van der Waals surface area (Å²) in [6.07, 6.45) is -0.741. The van der Waals surface area contributed by atoms with Gasteiger partial charge in [-0.15, -0.1) is 0 Å². The van der Waals surface area contributed by atoms with Crippen molar-refractivity contribution >= 4 is 11.6 Å². The summed E-state index contributed by atoms with van der Waals surface area (Å²) < 4.78 is 5.45. The number of hydrogen-bond acceptors (Lipinski definition) is 2. The van der Waals surface area contributed by atoms with Crippen LogP contribution >= 0.6 is 11.6 Å². The minimum atomic E-state index is -0.741. The molecule has 0 radical (unpaired) electrons. The number of benzene rings is 1. The minimum Gasteiger partial charge on any atom is -0.466 e. The Morgan fingerprint density at radius 2 is 1.61 bits per heavy atom. The molecule has 0 spiro atoms. The van der Waals surface area contributed by atoms with Gasteiger partial charge in [0.1, 0.15) is 17.6 Å². The Balaban J connectivity index is 2.49. The summed E-state index contributed by atoms with van der Waals surface area (Å²) in [4.78, 5) is 0. The van der Waals surface area contributed by atoms with Crippen LogP contribution < -0.4 is 0 Å². The molecule has 0 aliphatic heterocycles. The standard InChI is InChI=1S/C15H17ClO2/c1-8-5-13(14(16)6-9(8)2)15(17)12-7-10(3)18-11(12)4/h5-7,15,17H,1-4H3. The van der Waals surface area contributed by atoms with E-state index in [4.69, 9.17) is 16.0 Å². The third-order valence-corrected chi connectivity index (χ3v) is 3.61. The molecule has 1 heterocycles. The van der Waals surface area contributed by atoms with Crippen molar-refractivity contribution in [1.82, 2.24) is 0 Å². The average molecular weight is 265 g/mol. The van der Waals surface area contributed by atoms with Gasteiger partial charge in [-0.2, -0.15) is 0 Å². The van der Waals surface area contributed by atoms with Gasteiger partial charge < -0.3 is 9.52 Å². The van der Waals surface area contributed by atoms with Gasteiger partial charge >= 0.3 is 0 Å². The van der Waals surface area contributed by atoms with Crippen LogP contribution in [0.1, 0.15) is 39.9 Å². The lowest BCUT2D eigenvalue weighted by Crippen LogP contribution is -2.02. The zero-order valence-corrected chi connectivity index (χ0v) is 11.8. The SMILES string of the molecule is Cc1cc(C(O)c2cc(C)c(C)cc2Cl)c(C)o1. The quantitative estimate of drug-likeness (QED) is 0.880. The van der Waals surface area contributed by atoms with Crippen molar-refractivity contribution in [1.29, 1.82) is 0 Å². The summed E-state index contributed by atoms with van der Waals surface area (Å²) in [5, 5.41) is 11.0. The molecule has 1 N–H and O–H groups in total. The van der Waals surface area contributed by atoms with Gasteiger partial charge in [0.2, 0.25) is 0 Å². The molecule has 96 valence electrons. The predicted molar refractivity (Wildman–Crippen MR) is 73.2 cm³/mol. The molecule has 0 aliphatic rings. The predicted octanol–water partition coefficient (Wildman–Crippen LogP) is 4.25. The molecule has 1 aromatic carbocycles. The van der Waals surface area contributed by atoms with Gasteiger partial charge in [0.25, 0.3) is 0 Å². The van der Waals surface area contributed by atoms with E-state index in [2.05, 4.69) is 0 Å². The summed E-state index contributed by atoms with van der Waals surface area (Å²) in [5.74, 6) is 1.52. The largest absolute Gasteiger partial charge is 0.466 e. The number of aliphatic hydroxyl groups is 1. The molecular formula is C15H17ClO2. The minimum absolute atomic E-state index is 0.587. The van der Waals surface area contributed by atoms with Crippen molar-refractivity contribution in [2.75, 3.05) is 0 Å². The maximum absolute atomic E-state index is 10.4. The monoisotopic (exact) mass is 264 g/mol. The first-order valence-corrected chi connectivity index (χ1v) is 6.29. The average Bonchev–Trinajstić information content (AvgIpc) is 2.62. The van der Waals surface area contributed by atoms with Crippen LogP contribution in [0.5, 0.6) is 0 Å². The second-order valence-corrected chi connectivity index (χ2v) is 5.14. The van der Waals surface area contributed by atoms with Crippen molar-refractivity contribution in [3.05, 3.63) is 57.0 Å². The number of halogens is 1. The van der Waals surface area contributed by atoms with Crippen LogP contribution in [-0.2, 0) is 0 Å². The van der Waals surface area contributed by atoms with Gasteiger partial charge in [-0.25, -0.2) is 0 Å². The van der Waals surface area contributed by atoms with Crippen LogP contribution in [0.15, 0.2) is 22.6 Å². The molecule has 1 unspecified atom stereocenters. The zero-order valence-electron chi connectivity index (χ0n) is 11.0. The fourth-order valence-electron chi connectivity index (χ4n) is 2.10. The molecule has 0 aliphatic carbocycles. The highest BCUT2D eigenvalue weighted by atomic mass is 35.5. The molecule has 2 rings (SSSR count). The summed E-state index contributed by atoms with van der Waals surface area (Å²) in [6.45, 7) is 7.73. The second kappa shape index (κ2) is 4.79. The lowest BCUT2D eigenvalue weighted by molar-refractivity contribution is 0.218. The first-order chi connectivity index (χ1) is 8.40. The molecule has 0 bridgehead atoms. The zero-order chi connectivity index (χ0) is 13.4. The van der Waals surface area contributed by atoms with E-state index >= 15 is 0 Å². The molecule has 18 heavy (non-hydrogen) atoms. The molecule has 0 fully saturated rings. The highest BCUT2D eigenvalue weighted by Gasteiger charge is 2.19. The van der Waals surface area contributed by atoms with Crippen molar-refractivity contribution in [3.8, 4) is 0 Å². The third kappa shape index (κ3) is 2.31. The van der Waals surface area contributed by atoms with Crippen LogP contribution in [0.25, 0.3) is 0 Å². The van der Waals surface area contributed by atoms with Crippen LogP contribution in [-0.4, -0.2) is 5.11 Å². The molecule has 2 nitrogen and oxygen atoms in total. The van der Waals surface area contributed by atoms with E-state index in [0.29, 0.717) is 5.02 Å². The van der Waals surface area contributed by atoms with E-state index in [-0.39, 0.29) is 0 Å². The molecule has 0 saturated heterocycles. The van der Waals surface area contributed by atoms with Gasteiger partial charge in [0.15, 0.2) is 0 Å². The van der Waals surface area contributed by atoms with Gasteiger partial charge in [-0.3, -0.25) is 0 Å². The topological polar surface area (TPSA) is 33.4 Å². The van der Waals surface area contributed by atoms with E-state index in [9.17, 15) is 5.11 Å². The lowest BCUT2D eigenvalue weighted by Gasteiger charge is -2.14. The first kappa shape index (κ1) is 13.2. The maximum Gasteiger partial charge on any atom is 0.109 e. The lowest BCUT2D eigenvalue weighted by atomic mass is 9.98. The highest BCUT2D eigenvalue weighted by molar-refractivity contribution is 6.31. The van der Waals surface area contributed by atoms with E-state index in [1.54, 1.807) is 0 Å². The van der Waals surface area contributed by atoms with Crippen LogP contribution in [0.2, 0.25) is 5.02 Å². The number of aryl methyl sites for hydroxylation is 4. The normalized spacial score (nSPS) is 12.8. The molecule has 1 aromatic heterocycles. The first-order valence-electron chi connectivity index (χ1n) is 5.91. The van der Waals surface area contributed by atoms with Gasteiger partial charge in [-0.1, -0.05) is 17.7 Å². The highest BCUT2D eigenvalue weighted by Crippen LogP contribution is 2.33. The van der Waals surface area contributed by atoms with Gasteiger partial charge in [0.05, 0.1) is 0 Å². The fraction of sp³-hybridized carbons (Fsp3) is 0.333. The maximum atomic E-state index is 10.4. The molecule has 2 aromatic rings. The molecular weight excluding hydrogens is 248 g/mol. The number of furan rings is 1. The Morgan fingerprint density at radius 3 is 2.17 bits per heavy atom. The Bertz CT molecular complexity index is 584. The summed E-state index contributed by atoms with van der Waals surface area (Å²) >= 11 is 6.21. The van der Waals surface area contributed by atoms with Crippen molar-refractivity contribution in [2.24, 2.45) is 0 Å². The smallest absolute Gasteiger partial charge is 0.109 e. The number of hydrogen-bond donors (Lipinski definition) is 1. The van der Waals surface area contributed by atoms with Crippen molar-refractivity contribution < 1.29 is 9.52 Å². The Hall–Kier alpha value is -1.25. The van der Waals surface area contributed by atoms with Crippen molar-refractivity contribution in [2.45, 2.75) is 33.8 Å². The van der Waals surface area contributed by atoms with E-state index in [0.717, 1.165) is 33.8 Å². The molecule has 3 heteroatoms. The van der Waals surface area contributed by atoms with Crippen LogP contribution in [0.3, 0.4) is 0 Å². The summed E-state index contributed by atoms with van der Waals surface area (Å²) in [6, 6.07) is 5.67. The Kier molecular flexibility index (Phi) is 3.51. The van der Waals surface area contributed by atoms with Crippen LogP contribution in [0.4, 0.5) is 0 Å². The van der Waals surface area contributed by atoms with Gasteiger partial charge in [0, 0.05) is 16.1 Å². The van der Waals surface area contributed by atoms with Crippen molar-refractivity contribution in [3.63, 3.8) is 0 Å². The summed E-state index contributed by atoms with van der Waals surface area (Å²) in [5.41, 5.74) is 3.74. The third-order valence-electron chi connectivity index (χ3n) is 3.28.